The van der Waals surface area contributed by atoms with Crippen molar-refractivity contribution in [3.05, 3.63) is 57.3 Å². The number of rotatable bonds is 6. The van der Waals surface area contributed by atoms with Gasteiger partial charge in [-0.05, 0) is 23.6 Å². The van der Waals surface area contributed by atoms with Gasteiger partial charge >= 0.3 is 5.97 Å². The SMILES string of the molecule is O=C(/C=C/c1cc2c(cc1[N+](=O)[O-])OCO2)OCc1nc(-c2cccs2)no1. The zero-order valence-corrected chi connectivity index (χ0v) is 14.9. The molecule has 0 fully saturated rings. The number of nitro benzene ring substituents is 1. The number of carbonyl (C=O) groups is 1. The van der Waals surface area contributed by atoms with E-state index in [4.69, 9.17) is 18.7 Å². The highest BCUT2D eigenvalue weighted by atomic mass is 32.1. The minimum atomic E-state index is -0.720. The van der Waals surface area contributed by atoms with Crippen LogP contribution >= 0.6 is 11.3 Å². The lowest BCUT2D eigenvalue weighted by atomic mass is 10.1. The molecule has 2 aromatic heterocycles. The summed E-state index contributed by atoms with van der Waals surface area (Å²) in [5.41, 5.74) is -0.0326. The number of esters is 1. The van der Waals surface area contributed by atoms with Crippen molar-refractivity contribution in [1.82, 2.24) is 10.1 Å². The number of hydrogen-bond donors (Lipinski definition) is 0. The van der Waals surface area contributed by atoms with E-state index in [1.54, 1.807) is 0 Å². The maximum atomic E-state index is 11.9. The zero-order valence-electron chi connectivity index (χ0n) is 14.1. The molecule has 0 saturated carbocycles. The number of carbonyl (C=O) groups excluding carboxylic acids is 1. The largest absolute Gasteiger partial charge is 0.454 e. The van der Waals surface area contributed by atoms with Crippen LogP contribution in [-0.2, 0) is 16.1 Å². The average molecular weight is 401 g/mol. The number of hydrogen-bond acceptors (Lipinski definition) is 10. The molecule has 28 heavy (non-hydrogen) atoms. The monoisotopic (exact) mass is 401 g/mol. The molecule has 0 aliphatic carbocycles. The smallest absolute Gasteiger partial charge is 0.331 e. The minimum Gasteiger partial charge on any atom is -0.454 e. The molecule has 3 aromatic rings. The van der Waals surface area contributed by atoms with Crippen molar-refractivity contribution in [2.24, 2.45) is 0 Å². The van der Waals surface area contributed by atoms with Gasteiger partial charge in [-0.15, -0.1) is 11.3 Å². The van der Waals surface area contributed by atoms with Crippen molar-refractivity contribution in [1.29, 1.82) is 0 Å². The molecule has 142 valence electrons. The second-order valence-corrected chi connectivity index (χ2v) is 6.40. The van der Waals surface area contributed by atoms with Crippen LogP contribution in [0.5, 0.6) is 11.5 Å². The number of fused-ring (bicyclic) bond motifs is 1. The molecule has 4 rings (SSSR count). The number of ether oxygens (including phenoxy) is 3. The van der Waals surface area contributed by atoms with Crippen LogP contribution in [0, 0.1) is 10.1 Å². The van der Waals surface area contributed by atoms with E-state index in [1.165, 1.54) is 29.5 Å². The quantitative estimate of drug-likeness (QED) is 0.265. The van der Waals surface area contributed by atoms with E-state index in [0.29, 0.717) is 11.6 Å². The molecule has 0 radical (unpaired) electrons. The van der Waals surface area contributed by atoms with Crippen LogP contribution in [-0.4, -0.2) is 27.8 Å². The maximum Gasteiger partial charge on any atom is 0.331 e. The third-order valence-electron chi connectivity index (χ3n) is 3.67. The van der Waals surface area contributed by atoms with Gasteiger partial charge in [0.2, 0.25) is 12.6 Å². The van der Waals surface area contributed by atoms with Crippen molar-refractivity contribution in [3.8, 4) is 22.2 Å². The van der Waals surface area contributed by atoms with Crippen molar-refractivity contribution in [2.75, 3.05) is 6.79 Å². The lowest BCUT2D eigenvalue weighted by Crippen LogP contribution is -2.01. The molecule has 0 atom stereocenters. The van der Waals surface area contributed by atoms with Crippen molar-refractivity contribution >= 4 is 29.1 Å². The summed E-state index contributed by atoms with van der Waals surface area (Å²) in [5, 5.41) is 16.9. The topological polar surface area (TPSA) is 127 Å². The fourth-order valence-corrected chi connectivity index (χ4v) is 3.05. The van der Waals surface area contributed by atoms with Gasteiger partial charge < -0.3 is 18.7 Å². The highest BCUT2D eigenvalue weighted by molar-refractivity contribution is 7.13. The van der Waals surface area contributed by atoms with Gasteiger partial charge in [-0.25, -0.2) is 4.79 Å². The summed E-state index contributed by atoms with van der Waals surface area (Å²) in [6.07, 6.45) is 2.34. The standard InChI is InChI=1S/C17H11N3O7S/c21-16(24-8-15-18-17(19-27-15)14-2-1-5-28-14)4-3-10-6-12-13(26-9-25-12)7-11(10)20(22)23/h1-7H,8-9H2/b4-3+. The molecule has 0 spiro atoms. The fraction of sp³-hybridized carbons (Fsp3) is 0.118. The first-order valence-corrected chi connectivity index (χ1v) is 8.77. The van der Waals surface area contributed by atoms with Crippen LogP contribution in [0.15, 0.2) is 40.2 Å². The Morgan fingerprint density at radius 1 is 1.36 bits per heavy atom. The highest BCUT2D eigenvalue weighted by Crippen LogP contribution is 2.38. The molecule has 1 aliphatic rings. The van der Waals surface area contributed by atoms with E-state index < -0.39 is 10.9 Å². The summed E-state index contributed by atoms with van der Waals surface area (Å²) in [6, 6.07) is 6.37. The summed E-state index contributed by atoms with van der Waals surface area (Å²) in [7, 11) is 0. The number of benzene rings is 1. The first-order chi connectivity index (χ1) is 13.6. The molecule has 1 aliphatic heterocycles. The van der Waals surface area contributed by atoms with Crippen molar-refractivity contribution < 1.29 is 28.5 Å². The van der Waals surface area contributed by atoms with E-state index in [-0.39, 0.29) is 36.3 Å². The van der Waals surface area contributed by atoms with Gasteiger partial charge in [0, 0.05) is 6.08 Å². The maximum absolute atomic E-state index is 11.9. The van der Waals surface area contributed by atoms with Gasteiger partial charge in [0.15, 0.2) is 18.1 Å². The Morgan fingerprint density at radius 3 is 2.93 bits per heavy atom. The normalized spacial score (nSPS) is 12.4. The van der Waals surface area contributed by atoms with E-state index in [9.17, 15) is 14.9 Å². The Labute approximate surface area is 161 Å². The Morgan fingerprint density at radius 2 is 2.18 bits per heavy atom. The third kappa shape index (κ3) is 3.69. The minimum absolute atomic E-state index is 0.0145. The van der Waals surface area contributed by atoms with E-state index in [0.717, 1.165) is 11.0 Å². The molecule has 3 heterocycles. The van der Waals surface area contributed by atoms with Crippen molar-refractivity contribution in [2.45, 2.75) is 6.61 Å². The first kappa shape index (κ1) is 17.7. The van der Waals surface area contributed by atoms with Crippen LogP contribution in [0.4, 0.5) is 5.69 Å². The highest BCUT2D eigenvalue weighted by Gasteiger charge is 2.22. The van der Waals surface area contributed by atoms with Gasteiger partial charge in [0.1, 0.15) is 0 Å². The predicted octanol–water partition coefficient (Wildman–Crippen LogP) is 3.19. The fourth-order valence-electron chi connectivity index (χ4n) is 2.40. The number of nitro groups is 1. The van der Waals surface area contributed by atoms with Crippen LogP contribution in [0.1, 0.15) is 11.5 Å². The second kappa shape index (κ2) is 7.48. The zero-order chi connectivity index (χ0) is 19.5. The van der Waals surface area contributed by atoms with Crippen LogP contribution in [0.25, 0.3) is 16.8 Å². The van der Waals surface area contributed by atoms with Crippen LogP contribution in [0.3, 0.4) is 0 Å². The lowest BCUT2D eigenvalue weighted by molar-refractivity contribution is -0.385. The molecule has 11 heteroatoms. The molecular weight excluding hydrogens is 390 g/mol. The van der Waals surface area contributed by atoms with E-state index in [1.807, 2.05) is 17.5 Å². The Hall–Kier alpha value is -3.73. The lowest BCUT2D eigenvalue weighted by Gasteiger charge is -2.01. The van der Waals surface area contributed by atoms with E-state index >= 15 is 0 Å². The molecule has 0 bridgehead atoms. The second-order valence-electron chi connectivity index (χ2n) is 5.45. The summed E-state index contributed by atoms with van der Waals surface area (Å²) in [5.74, 6) is 0.476. The molecule has 1 aromatic carbocycles. The van der Waals surface area contributed by atoms with E-state index in [2.05, 4.69) is 10.1 Å². The van der Waals surface area contributed by atoms with Gasteiger partial charge in [0.05, 0.1) is 21.4 Å². The summed E-state index contributed by atoms with van der Waals surface area (Å²) in [4.78, 5) is 27.5. The Balaban J connectivity index is 1.41. The molecule has 0 amide bonds. The third-order valence-corrected chi connectivity index (χ3v) is 4.53. The number of thiophene rings is 1. The average Bonchev–Trinajstić information content (AvgIpc) is 3.44. The van der Waals surface area contributed by atoms with Gasteiger partial charge in [-0.1, -0.05) is 11.2 Å². The van der Waals surface area contributed by atoms with Gasteiger partial charge in [-0.2, -0.15) is 4.98 Å². The van der Waals surface area contributed by atoms with Crippen LogP contribution < -0.4 is 9.47 Å². The number of nitrogens with zero attached hydrogens (tertiary/aromatic N) is 3. The van der Waals surface area contributed by atoms with Gasteiger partial charge in [-0.3, -0.25) is 10.1 Å². The summed E-state index contributed by atoms with van der Waals surface area (Å²) < 4.78 is 20.4. The molecule has 0 unspecified atom stereocenters. The summed E-state index contributed by atoms with van der Waals surface area (Å²) >= 11 is 1.45. The first-order valence-electron chi connectivity index (χ1n) is 7.89. The number of aromatic nitrogens is 2. The predicted molar refractivity (Wildman–Crippen MR) is 95.7 cm³/mol. The molecule has 10 nitrogen and oxygen atoms in total. The Bertz CT molecular complexity index is 1060. The molecule has 0 N–H and O–H groups in total. The van der Waals surface area contributed by atoms with Gasteiger partial charge in [0.25, 0.3) is 11.6 Å². The summed E-state index contributed by atoms with van der Waals surface area (Å²) in [6.45, 7) is -0.232. The Kier molecular flexibility index (Phi) is 4.72. The van der Waals surface area contributed by atoms with Crippen molar-refractivity contribution in [3.63, 3.8) is 0 Å². The van der Waals surface area contributed by atoms with Crippen LogP contribution in [0.2, 0.25) is 0 Å². The molecule has 0 saturated heterocycles. The molecular formula is C17H11N3O7S.